The summed E-state index contributed by atoms with van der Waals surface area (Å²) in [4.78, 5) is 21.3. The molecular weight excluding hydrogens is 416 g/mol. The van der Waals surface area contributed by atoms with E-state index < -0.39 is 0 Å². The molecule has 0 saturated heterocycles. The second kappa shape index (κ2) is 7.94. The molecule has 140 valence electrons. The van der Waals surface area contributed by atoms with E-state index in [1.54, 1.807) is 18.5 Å². The molecule has 0 aliphatic rings. The Balaban J connectivity index is 1.61. The SMILES string of the molecule is Cc1ccc(Cn2c(CNC(=O)c3cncc(Br)c3)nc3ccccc32)cc1. The molecule has 1 N–H and O–H groups in total. The summed E-state index contributed by atoms with van der Waals surface area (Å²) in [5.41, 5.74) is 4.90. The van der Waals surface area contributed by atoms with E-state index in [-0.39, 0.29) is 5.91 Å². The summed E-state index contributed by atoms with van der Waals surface area (Å²) < 4.78 is 2.92. The number of nitrogens with zero attached hydrogens (tertiary/aromatic N) is 3. The van der Waals surface area contributed by atoms with Gasteiger partial charge < -0.3 is 9.88 Å². The number of hydrogen-bond acceptors (Lipinski definition) is 3. The second-order valence-electron chi connectivity index (χ2n) is 6.66. The van der Waals surface area contributed by atoms with Gasteiger partial charge in [-0.1, -0.05) is 42.0 Å². The minimum absolute atomic E-state index is 0.178. The molecule has 4 aromatic rings. The van der Waals surface area contributed by atoms with Crippen LogP contribution in [0.1, 0.15) is 27.3 Å². The predicted molar refractivity (Wildman–Crippen MR) is 113 cm³/mol. The molecule has 0 aliphatic carbocycles. The molecule has 0 unspecified atom stereocenters. The molecule has 1 amide bonds. The van der Waals surface area contributed by atoms with E-state index in [9.17, 15) is 4.79 Å². The van der Waals surface area contributed by atoms with E-state index in [0.29, 0.717) is 18.7 Å². The highest BCUT2D eigenvalue weighted by Crippen LogP contribution is 2.18. The zero-order valence-electron chi connectivity index (χ0n) is 15.4. The molecule has 28 heavy (non-hydrogen) atoms. The number of carbonyl (C=O) groups is 1. The Labute approximate surface area is 171 Å². The molecule has 4 rings (SSSR count). The first-order valence-corrected chi connectivity index (χ1v) is 9.78. The van der Waals surface area contributed by atoms with E-state index in [1.165, 1.54) is 11.1 Å². The van der Waals surface area contributed by atoms with E-state index in [1.807, 2.05) is 18.2 Å². The van der Waals surface area contributed by atoms with E-state index in [0.717, 1.165) is 21.3 Å². The highest BCUT2D eigenvalue weighted by molar-refractivity contribution is 9.10. The summed E-state index contributed by atoms with van der Waals surface area (Å²) in [6.07, 6.45) is 3.20. The Bertz CT molecular complexity index is 1130. The number of carbonyl (C=O) groups excluding carboxylic acids is 1. The first-order chi connectivity index (χ1) is 13.6. The van der Waals surface area contributed by atoms with Gasteiger partial charge in [0.15, 0.2) is 0 Å². The first kappa shape index (κ1) is 18.4. The topological polar surface area (TPSA) is 59.8 Å². The van der Waals surface area contributed by atoms with Crippen LogP contribution in [0.3, 0.4) is 0 Å². The largest absolute Gasteiger partial charge is 0.345 e. The van der Waals surface area contributed by atoms with Crippen LogP contribution in [-0.2, 0) is 13.1 Å². The molecule has 0 atom stereocenters. The van der Waals surface area contributed by atoms with Gasteiger partial charge in [0.05, 0.1) is 23.1 Å². The summed E-state index contributed by atoms with van der Waals surface area (Å²) in [5.74, 6) is 0.640. The van der Waals surface area contributed by atoms with Crippen molar-refractivity contribution in [2.75, 3.05) is 0 Å². The minimum atomic E-state index is -0.178. The van der Waals surface area contributed by atoms with E-state index in [4.69, 9.17) is 4.98 Å². The van der Waals surface area contributed by atoms with Crippen molar-refractivity contribution in [3.05, 3.63) is 94.0 Å². The van der Waals surface area contributed by atoms with Crippen molar-refractivity contribution in [2.45, 2.75) is 20.0 Å². The van der Waals surface area contributed by atoms with Crippen molar-refractivity contribution in [2.24, 2.45) is 0 Å². The molecule has 0 bridgehead atoms. The van der Waals surface area contributed by atoms with Crippen molar-refractivity contribution in [3.8, 4) is 0 Å². The molecule has 2 heterocycles. The lowest BCUT2D eigenvalue weighted by molar-refractivity contribution is 0.0949. The second-order valence-corrected chi connectivity index (χ2v) is 7.58. The number of aryl methyl sites for hydroxylation is 1. The molecule has 0 spiro atoms. The summed E-state index contributed by atoms with van der Waals surface area (Å²) in [6.45, 7) is 3.12. The van der Waals surface area contributed by atoms with Gasteiger partial charge in [-0.2, -0.15) is 0 Å². The Morgan fingerprint density at radius 3 is 2.68 bits per heavy atom. The van der Waals surface area contributed by atoms with E-state index in [2.05, 4.69) is 68.1 Å². The molecule has 0 radical (unpaired) electrons. The van der Waals surface area contributed by atoms with Crippen LogP contribution in [0.2, 0.25) is 0 Å². The van der Waals surface area contributed by atoms with Crippen LogP contribution in [0.25, 0.3) is 11.0 Å². The van der Waals surface area contributed by atoms with Crippen LogP contribution in [0.15, 0.2) is 71.5 Å². The molecule has 0 saturated carbocycles. The Hall–Kier alpha value is -2.99. The highest BCUT2D eigenvalue weighted by atomic mass is 79.9. The van der Waals surface area contributed by atoms with Gasteiger partial charge in [0.1, 0.15) is 5.82 Å². The van der Waals surface area contributed by atoms with Crippen LogP contribution in [-0.4, -0.2) is 20.4 Å². The molecule has 2 aromatic carbocycles. The van der Waals surface area contributed by atoms with Crippen molar-refractivity contribution < 1.29 is 4.79 Å². The van der Waals surface area contributed by atoms with Gasteiger partial charge in [-0.3, -0.25) is 9.78 Å². The van der Waals surface area contributed by atoms with Crippen molar-refractivity contribution >= 4 is 32.9 Å². The van der Waals surface area contributed by atoms with Crippen LogP contribution >= 0.6 is 15.9 Å². The lowest BCUT2D eigenvalue weighted by Crippen LogP contribution is -2.25. The van der Waals surface area contributed by atoms with Crippen molar-refractivity contribution in [3.63, 3.8) is 0 Å². The number of aromatic nitrogens is 3. The van der Waals surface area contributed by atoms with Crippen LogP contribution in [0.5, 0.6) is 0 Å². The van der Waals surface area contributed by atoms with Gasteiger partial charge in [-0.15, -0.1) is 0 Å². The fraction of sp³-hybridized carbons (Fsp3) is 0.136. The third-order valence-corrected chi connectivity index (χ3v) is 5.00. The van der Waals surface area contributed by atoms with Gasteiger partial charge in [-0.25, -0.2) is 4.98 Å². The predicted octanol–water partition coefficient (Wildman–Crippen LogP) is 4.48. The fourth-order valence-corrected chi connectivity index (χ4v) is 3.48. The number of hydrogen-bond donors (Lipinski definition) is 1. The Morgan fingerprint density at radius 1 is 1.11 bits per heavy atom. The van der Waals surface area contributed by atoms with Crippen LogP contribution < -0.4 is 5.32 Å². The fourth-order valence-electron chi connectivity index (χ4n) is 3.11. The standard InChI is InChI=1S/C22H19BrN4O/c1-15-6-8-16(9-7-15)14-27-20-5-3-2-4-19(20)26-21(27)13-25-22(28)17-10-18(23)12-24-11-17/h2-12H,13-14H2,1H3,(H,25,28). The van der Waals surface area contributed by atoms with Gasteiger partial charge in [0, 0.05) is 23.4 Å². The van der Waals surface area contributed by atoms with Gasteiger partial charge >= 0.3 is 0 Å². The maximum atomic E-state index is 12.5. The van der Waals surface area contributed by atoms with Gasteiger partial charge in [0.2, 0.25) is 0 Å². The molecule has 5 nitrogen and oxygen atoms in total. The molecule has 0 fully saturated rings. The average Bonchev–Trinajstić information content (AvgIpc) is 3.05. The van der Waals surface area contributed by atoms with Crippen LogP contribution in [0, 0.1) is 6.92 Å². The van der Waals surface area contributed by atoms with E-state index >= 15 is 0 Å². The van der Waals surface area contributed by atoms with Crippen molar-refractivity contribution in [1.29, 1.82) is 0 Å². The normalized spacial score (nSPS) is 10.9. The lowest BCUT2D eigenvalue weighted by atomic mass is 10.1. The monoisotopic (exact) mass is 434 g/mol. The Morgan fingerprint density at radius 2 is 1.89 bits per heavy atom. The zero-order chi connectivity index (χ0) is 19.5. The number of para-hydroxylation sites is 2. The first-order valence-electron chi connectivity index (χ1n) is 8.98. The third kappa shape index (κ3) is 3.97. The molecule has 0 aliphatic heterocycles. The molecular formula is C22H19BrN4O. The number of halogens is 1. The van der Waals surface area contributed by atoms with Gasteiger partial charge in [0.25, 0.3) is 5.91 Å². The number of amides is 1. The smallest absolute Gasteiger partial charge is 0.253 e. The van der Waals surface area contributed by atoms with Crippen molar-refractivity contribution in [1.82, 2.24) is 19.9 Å². The molecule has 6 heteroatoms. The number of nitrogens with one attached hydrogen (secondary N) is 1. The number of rotatable bonds is 5. The maximum Gasteiger partial charge on any atom is 0.253 e. The third-order valence-electron chi connectivity index (χ3n) is 4.57. The van der Waals surface area contributed by atoms with Gasteiger partial charge in [-0.05, 0) is 46.6 Å². The molecule has 2 aromatic heterocycles. The highest BCUT2D eigenvalue weighted by Gasteiger charge is 2.13. The average molecular weight is 435 g/mol. The lowest BCUT2D eigenvalue weighted by Gasteiger charge is -2.11. The number of pyridine rings is 1. The summed E-state index contributed by atoms with van der Waals surface area (Å²) in [6, 6.07) is 18.2. The number of imidazole rings is 1. The summed E-state index contributed by atoms with van der Waals surface area (Å²) in [5, 5.41) is 2.96. The minimum Gasteiger partial charge on any atom is -0.345 e. The Kier molecular flexibility index (Phi) is 5.21. The quantitative estimate of drug-likeness (QED) is 0.503. The number of benzene rings is 2. The summed E-state index contributed by atoms with van der Waals surface area (Å²) in [7, 11) is 0. The number of fused-ring (bicyclic) bond motifs is 1. The van der Waals surface area contributed by atoms with Crippen LogP contribution in [0.4, 0.5) is 0 Å². The summed E-state index contributed by atoms with van der Waals surface area (Å²) >= 11 is 3.34. The maximum absolute atomic E-state index is 12.5. The zero-order valence-corrected chi connectivity index (χ0v) is 17.0.